The SMILES string of the molecule is CC(C)C(=O)N1CC2CN(C(=O)O)CC2C1.COC1CCCCC1C1(C)OC1CC=C(C)C. The smallest absolute Gasteiger partial charge is 0.407 e. The molecule has 1 N–H and O–H groups in total. The predicted molar refractivity (Wildman–Crippen MR) is 128 cm³/mol. The molecule has 0 aromatic carbocycles. The van der Waals surface area contributed by atoms with Gasteiger partial charge >= 0.3 is 6.09 Å². The molecule has 3 aliphatic heterocycles. The number of ether oxygens (including phenoxy) is 2. The summed E-state index contributed by atoms with van der Waals surface area (Å²) in [5.74, 6) is 1.51. The predicted octanol–water partition coefficient (Wildman–Crippen LogP) is 4.42. The van der Waals surface area contributed by atoms with Crippen molar-refractivity contribution >= 4 is 12.0 Å². The maximum absolute atomic E-state index is 11.8. The number of allylic oxidation sites excluding steroid dienone is 1. The van der Waals surface area contributed by atoms with Crippen LogP contribution in [0.3, 0.4) is 0 Å². The van der Waals surface area contributed by atoms with Crippen LogP contribution in [0.25, 0.3) is 0 Å². The first-order valence-corrected chi connectivity index (χ1v) is 12.7. The summed E-state index contributed by atoms with van der Waals surface area (Å²) < 4.78 is 11.7. The van der Waals surface area contributed by atoms with Crippen LogP contribution in [0.5, 0.6) is 0 Å². The first-order chi connectivity index (χ1) is 15.6. The van der Waals surface area contributed by atoms with Crippen molar-refractivity contribution in [2.24, 2.45) is 23.7 Å². The van der Waals surface area contributed by atoms with Crippen LogP contribution in [0.15, 0.2) is 11.6 Å². The number of likely N-dealkylation sites (tertiary alicyclic amines) is 2. The summed E-state index contributed by atoms with van der Waals surface area (Å²) in [6.07, 6.45) is 8.45. The van der Waals surface area contributed by atoms with E-state index in [1.165, 1.54) is 36.2 Å². The highest BCUT2D eigenvalue weighted by atomic mass is 16.6. The molecule has 0 bridgehead atoms. The van der Waals surface area contributed by atoms with Crippen molar-refractivity contribution in [1.82, 2.24) is 9.80 Å². The van der Waals surface area contributed by atoms with Gasteiger partial charge in [0.25, 0.3) is 0 Å². The number of carbonyl (C=O) groups is 2. The quantitative estimate of drug-likeness (QED) is 0.481. The molecule has 7 nitrogen and oxygen atoms in total. The molecule has 188 valence electrons. The van der Waals surface area contributed by atoms with Crippen molar-refractivity contribution in [3.8, 4) is 0 Å². The van der Waals surface area contributed by atoms with Gasteiger partial charge < -0.3 is 24.4 Å². The Labute approximate surface area is 199 Å². The van der Waals surface area contributed by atoms with Gasteiger partial charge in [-0.2, -0.15) is 0 Å². The van der Waals surface area contributed by atoms with Crippen molar-refractivity contribution in [2.75, 3.05) is 33.3 Å². The number of epoxide rings is 1. The summed E-state index contributed by atoms with van der Waals surface area (Å²) in [7, 11) is 1.85. The number of hydrogen-bond acceptors (Lipinski definition) is 4. The molecular formula is C26H44N2O5. The molecule has 0 spiro atoms. The van der Waals surface area contributed by atoms with Crippen LogP contribution >= 0.6 is 0 Å². The van der Waals surface area contributed by atoms with Crippen molar-refractivity contribution < 1.29 is 24.2 Å². The topological polar surface area (TPSA) is 82.6 Å². The Morgan fingerprint density at radius 3 is 2.18 bits per heavy atom. The minimum absolute atomic E-state index is 0.0365. The standard InChI is InChI=1S/C15H26O2.C11H18N2O3/c1-11(2)9-10-14-15(3,17-14)12-7-5-6-8-13(12)16-4;1-7(2)10(14)12-3-8-5-13(11(15)16)6-9(8)4-12/h9,12-14H,5-8,10H2,1-4H3;7-9H,3-6H2,1-2H3,(H,15,16). The van der Waals surface area contributed by atoms with Crippen LogP contribution < -0.4 is 0 Å². The average Bonchev–Trinajstić information content (AvgIpc) is 3.08. The largest absolute Gasteiger partial charge is 0.465 e. The van der Waals surface area contributed by atoms with Crippen molar-refractivity contribution in [1.29, 1.82) is 0 Å². The zero-order valence-corrected chi connectivity index (χ0v) is 21.4. The minimum Gasteiger partial charge on any atom is -0.465 e. The Morgan fingerprint density at radius 1 is 1.09 bits per heavy atom. The molecule has 3 saturated heterocycles. The molecule has 4 aliphatic rings. The number of hydrogen-bond donors (Lipinski definition) is 1. The van der Waals surface area contributed by atoms with Gasteiger partial charge in [0.1, 0.15) is 0 Å². The fourth-order valence-corrected chi connectivity index (χ4v) is 5.95. The number of methoxy groups -OCH3 is 1. The van der Waals surface area contributed by atoms with E-state index in [0.717, 1.165) is 19.5 Å². The summed E-state index contributed by atoms with van der Waals surface area (Å²) >= 11 is 0. The molecular weight excluding hydrogens is 420 g/mol. The van der Waals surface area contributed by atoms with Crippen LogP contribution in [0, 0.1) is 23.7 Å². The molecule has 2 amide bonds. The number of carbonyl (C=O) groups excluding carboxylic acids is 1. The Bertz CT molecular complexity index is 720. The first-order valence-electron chi connectivity index (χ1n) is 12.7. The molecule has 0 aromatic rings. The molecule has 7 heteroatoms. The van der Waals surface area contributed by atoms with E-state index in [0.29, 0.717) is 43.1 Å². The van der Waals surface area contributed by atoms with Crippen molar-refractivity contribution in [3.63, 3.8) is 0 Å². The third-order valence-electron chi connectivity index (χ3n) is 8.02. The van der Waals surface area contributed by atoms with Gasteiger partial charge in [0.15, 0.2) is 0 Å². The third kappa shape index (κ3) is 6.10. The van der Waals surface area contributed by atoms with Gasteiger partial charge in [-0.25, -0.2) is 4.79 Å². The number of nitrogens with zero attached hydrogens (tertiary/aromatic N) is 2. The summed E-state index contributed by atoms with van der Waals surface area (Å²) in [4.78, 5) is 25.9. The lowest BCUT2D eigenvalue weighted by Gasteiger charge is -2.33. The summed E-state index contributed by atoms with van der Waals surface area (Å²) in [5, 5.41) is 8.88. The Hall–Kier alpha value is -1.60. The molecule has 4 fully saturated rings. The van der Waals surface area contributed by atoms with E-state index in [1.54, 1.807) is 0 Å². The van der Waals surface area contributed by atoms with Gasteiger partial charge in [0.05, 0.1) is 17.8 Å². The second-order valence-electron chi connectivity index (χ2n) is 11.1. The molecule has 0 aromatic heterocycles. The fraction of sp³-hybridized carbons (Fsp3) is 0.846. The maximum Gasteiger partial charge on any atom is 0.407 e. The molecule has 6 atom stereocenters. The molecule has 6 unspecified atom stereocenters. The van der Waals surface area contributed by atoms with E-state index >= 15 is 0 Å². The van der Waals surface area contributed by atoms with Crippen LogP contribution in [0.1, 0.15) is 66.7 Å². The van der Waals surface area contributed by atoms with Gasteiger partial charge in [-0.15, -0.1) is 0 Å². The lowest BCUT2D eigenvalue weighted by molar-refractivity contribution is -0.133. The average molecular weight is 465 g/mol. The first kappa shape index (κ1) is 26.0. The van der Waals surface area contributed by atoms with E-state index in [-0.39, 0.29) is 17.4 Å². The van der Waals surface area contributed by atoms with E-state index in [2.05, 4.69) is 26.8 Å². The third-order valence-corrected chi connectivity index (χ3v) is 8.02. The van der Waals surface area contributed by atoms with Crippen LogP contribution in [-0.2, 0) is 14.3 Å². The van der Waals surface area contributed by atoms with Gasteiger partial charge in [-0.3, -0.25) is 4.79 Å². The highest BCUT2D eigenvalue weighted by molar-refractivity contribution is 5.78. The Morgan fingerprint density at radius 2 is 1.67 bits per heavy atom. The minimum atomic E-state index is -0.837. The summed E-state index contributed by atoms with van der Waals surface area (Å²) in [5.41, 5.74) is 1.46. The lowest BCUT2D eigenvalue weighted by atomic mass is 9.76. The van der Waals surface area contributed by atoms with Gasteiger partial charge in [-0.1, -0.05) is 38.3 Å². The molecule has 3 heterocycles. The molecule has 33 heavy (non-hydrogen) atoms. The van der Waals surface area contributed by atoms with Crippen molar-refractivity contribution in [2.45, 2.75) is 84.5 Å². The highest BCUT2D eigenvalue weighted by Gasteiger charge is 2.58. The maximum atomic E-state index is 11.8. The number of fused-ring (bicyclic) bond motifs is 1. The zero-order valence-electron chi connectivity index (χ0n) is 21.4. The van der Waals surface area contributed by atoms with Crippen LogP contribution in [-0.4, -0.2) is 78.0 Å². The lowest BCUT2D eigenvalue weighted by Crippen LogP contribution is -2.37. The number of carboxylic acid groups (broad SMARTS) is 1. The van der Waals surface area contributed by atoms with Gasteiger partial charge in [0.2, 0.25) is 5.91 Å². The molecule has 1 saturated carbocycles. The van der Waals surface area contributed by atoms with E-state index in [9.17, 15) is 9.59 Å². The molecule has 0 radical (unpaired) electrons. The van der Waals surface area contributed by atoms with Crippen LogP contribution in [0.2, 0.25) is 0 Å². The normalized spacial score (nSPS) is 35.1. The molecule has 4 rings (SSSR count). The summed E-state index contributed by atoms with van der Waals surface area (Å²) in [6, 6.07) is 0. The zero-order chi connectivity index (χ0) is 24.3. The number of rotatable bonds is 5. The van der Waals surface area contributed by atoms with Gasteiger partial charge in [-0.05, 0) is 40.0 Å². The second-order valence-corrected chi connectivity index (χ2v) is 11.1. The number of amides is 2. The van der Waals surface area contributed by atoms with E-state index < -0.39 is 6.09 Å². The fourth-order valence-electron chi connectivity index (χ4n) is 5.95. The van der Waals surface area contributed by atoms with Crippen LogP contribution in [0.4, 0.5) is 4.79 Å². The van der Waals surface area contributed by atoms with E-state index in [1.807, 2.05) is 25.9 Å². The monoisotopic (exact) mass is 464 g/mol. The van der Waals surface area contributed by atoms with E-state index in [4.69, 9.17) is 14.6 Å². The Kier molecular flexibility index (Phi) is 8.49. The van der Waals surface area contributed by atoms with Gasteiger partial charge in [0, 0.05) is 57.0 Å². The highest BCUT2D eigenvalue weighted by Crippen LogP contribution is 2.50. The second kappa shape index (κ2) is 10.8. The molecule has 1 aliphatic carbocycles. The Balaban J connectivity index is 0.000000186. The van der Waals surface area contributed by atoms with Crippen molar-refractivity contribution in [3.05, 3.63) is 11.6 Å². The summed E-state index contributed by atoms with van der Waals surface area (Å²) in [6.45, 7) is 13.0.